The van der Waals surface area contributed by atoms with E-state index in [0.29, 0.717) is 5.57 Å². The molecule has 1 rings (SSSR count). The number of rotatable bonds is 4. The van der Waals surface area contributed by atoms with E-state index in [4.69, 9.17) is 0 Å². The Labute approximate surface area is 115 Å². The molecule has 100 valence electrons. The molecule has 0 bridgehead atoms. The molecule has 0 aliphatic rings. The number of hydrogen-bond acceptors (Lipinski definition) is 0. The van der Waals surface area contributed by atoms with Crippen LogP contribution in [0.25, 0.3) is 5.57 Å². The first-order valence-corrected chi connectivity index (χ1v) is 6.37. The van der Waals surface area contributed by atoms with Gasteiger partial charge in [0.1, 0.15) is 5.83 Å². The van der Waals surface area contributed by atoms with Gasteiger partial charge in [-0.2, -0.15) is 0 Å². The summed E-state index contributed by atoms with van der Waals surface area (Å²) in [5.74, 6) is -0.284. The van der Waals surface area contributed by atoms with E-state index in [0.717, 1.165) is 11.1 Å². The fourth-order valence-corrected chi connectivity index (χ4v) is 1.87. The van der Waals surface area contributed by atoms with E-state index in [1.54, 1.807) is 6.92 Å². The van der Waals surface area contributed by atoms with Gasteiger partial charge in [-0.15, -0.1) is 0 Å². The first kappa shape index (κ1) is 15.2. The first-order chi connectivity index (χ1) is 8.95. The van der Waals surface area contributed by atoms with Gasteiger partial charge in [0, 0.05) is 0 Å². The molecule has 0 aliphatic heterocycles. The molecule has 0 saturated heterocycles. The highest BCUT2D eigenvalue weighted by atomic mass is 19.1. The van der Waals surface area contributed by atoms with Crippen LogP contribution < -0.4 is 0 Å². The van der Waals surface area contributed by atoms with Crippen LogP contribution in [0, 0.1) is 6.92 Å². The lowest BCUT2D eigenvalue weighted by molar-refractivity contribution is 0.659. The largest absolute Gasteiger partial charge is 0.207 e. The van der Waals surface area contributed by atoms with Crippen LogP contribution in [0.1, 0.15) is 31.9 Å². The highest BCUT2D eigenvalue weighted by molar-refractivity contribution is 5.78. The number of hydrogen-bond donors (Lipinski definition) is 0. The molecule has 19 heavy (non-hydrogen) atoms. The Morgan fingerprint density at radius 3 is 2.26 bits per heavy atom. The van der Waals surface area contributed by atoms with Crippen molar-refractivity contribution in [1.29, 1.82) is 0 Å². The Morgan fingerprint density at radius 1 is 1.11 bits per heavy atom. The molecule has 0 N–H and O–H groups in total. The van der Waals surface area contributed by atoms with Gasteiger partial charge in [0.25, 0.3) is 0 Å². The van der Waals surface area contributed by atoms with Gasteiger partial charge in [-0.25, -0.2) is 4.39 Å². The summed E-state index contributed by atoms with van der Waals surface area (Å²) in [7, 11) is 0. The van der Waals surface area contributed by atoms with E-state index in [2.05, 4.69) is 31.7 Å². The zero-order valence-electron chi connectivity index (χ0n) is 12.1. The van der Waals surface area contributed by atoms with Crippen molar-refractivity contribution in [3.63, 3.8) is 0 Å². The lowest BCUT2D eigenvalue weighted by Crippen LogP contribution is -1.88. The Hall–Kier alpha value is -1.89. The zero-order chi connectivity index (χ0) is 14.4. The van der Waals surface area contributed by atoms with Gasteiger partial charge >= 0.3 is 0 Å². The standard InChI is InChI=1S/C18H21F/c1-6-18(19)15(5)12-16(11-13(2)3)17-10-8-7-9-14(17)4/h6-12H,1H2,2-5H3/b16-12+,18-15-. The Bertz CT molecular complexity index is 553. The van der Waals surface area contributed by atoms with Crippen LogP contribution in [-0.2, 0) is 0 Å². The third-order valence-corrected chi connectivity index (χ3v) is 2.83. The minimum atomic E-state index is -0.284. The minimum Gasteiger partial charge on any atom is -0.207 e. The summed E-state index contributed by atoms with van der Waals surface area (Å²) < 4.78 is 13.5. The van der Waals surface area contributed by atoms with Crippen molar-refractivity contribution in [2.75, 3.05) is 0 Å². The van der Waals surface area contributed by atoms with E-state index in [1.807, 2.05) is 32.1 Å². The summed E-state index contributed by atoms with van der Waals surface area (Å²) in [5.41, 5.74) is 5.10. The summed E-state index contributed by atoms with van der Waals surface area (Å²) >= 11 is 0. The second-order valence-corrected chi connectivity index (χ2v) is 4.87. The van der Waals surface area contributed by atoms with Crippen LogP contribution in [0.5, 0.6) is 0 Å². The lowest BCUT2D eigenvalue weighted by atomic mass is 9.97. The molecule has 0 unspecified atom stereocenters. The maximum atomic E-state index is 13.5. The van der Waals surface area contributed by atoms with Crippen molar-refractivity contribution in [3.8, 4) is 0 Å². The lowest BCUT2D eigenvalue weighted by Gasteiger charge is -2.08. The normalized spacial score (nSPS) is 12.8. The number of aryl methyl sites for hydroxylation is 1. The van der Waals surface area contributed by atoms with Crippen molar-refractivity contribution in [1.82, 2.24) is 0 Å². The molecule has 0 saturated carbocycles. The summed E-state index contributed by atoms with van der Waals surface area (Å²) in [6.07, 6.45) is 5.18. The topological polar surface area (TPSA) is 0 Å². The van der Waals surface area contributed by atoms with Crippen molar-refractivity contribution in [2.24, 2.45) is 0 Å². The average molecular weight is 256 g/mol. The maximum absolute atomic E-state index is 13.5. The van der Waals surface area contributed by atoms with Gasteiger partial charge in [-0.05, 0) is 62.1 Å². The third kappa shape index (κ3) is 4.36. The molecule has 0 atom stereocenters. The Balaban J connectivity index is 3.40. The second-order valence-electron chi connectivity index (χ2n) is 4.87. The minimum absolute atomic E-state index is 0.284. The van der Waals surface area contributed by atoms with Gasteiger partial charge in [-0.3, -0.25) is 0 Å². The van der Waals surface area contributed by atoms with E-state index < -0.39 is 0 Å². The van der Waals surface area contributed by atoms with Gasteiger partial charge < -0.3 is 0 Å². The molecular formula is C18H21F. The van der Waals surface area contributed by atoms with E-state index in [-0.39, 0.29) is 5.83 Å². The van der Waals surface area contributed by atoms with E-state index >= 15 is 0 Å². The van der Waals surface area contributed by atoms with Crippen LogP contribution in [-0.4, -0.2) is 0 Å². The summed E-state index contributed by atoms with van der Waals surface area (Å²) in [6, 6.07) is 8.12. The quantitative estimate of drug-likeness (QED) is 0.599. The average Bonchev–Trinajstić information content (AvgIpc) is 2.37. The highest BCUT2D eigenvalue weighted by Gasteiger charge is 2.04. The number of benzene rings is 1. The fourth-order valence-electron chi connectivity index (χ4n) is 1.87. The number of halogens is 1. The molecule has 0 nitrogen and oxygen atoms in total. The fraction of sp³-hybridized carbons (Fsp3) is 0.222. The summed E-state index contributed by atoms with van der Waals surface area (Å²) in [4.78, 5) is 0. The Morgan fingerprint density at radius 2 is 1.74 bits per heavy atom. The maximum Gasteiger partial charge on any atom is 0.125 e. The van der Waals surface area contributed by atoms with Gasteiger partial charge in [0.05, 0.1) is 0 Å². The molecule has 0 aliphatic carbocycles. The van der Waals surface area contributed by atoms with Gasteiger partial charge in [-0.1, -0.05) is 42.5 Å². The SMILES string of the molecule is C=C/C(F)=C(C)/C=C(\C=C(C)C)c1ccccc1C. The molecule has 1 aromatic carbocycles. The summed E-state index contributed by atoms with van der Waals surface area (Å²) in [6.45, 7) is 11.4. The van der Waals surface area contributed by atoms with Crippen LogP contribution >= 0.6 is 0 Å². The molecule has 0 heterocycles. The smallest absolute Gasteiger partial charge is 0.125 e. The van der Waals surface area contributed by atoms with Crippen LogP contribution in [0.2, 0.25) is 0 Å². The highest BCUT2D eigenvalue weighted by Crippen LogP contribution is 2.24. The predicted octanol–water partition coefficient (Wildman–Crippen LogP) is 5.77. The van der Waals surface area contributed by atoms with Crippen LogP contribution in [0.4, 0.5) is 4.39 Å². The zero-order valence-corrected chi connectivity index (χ0v) is 12.1. The first-order valence-electron chi connectivity index (χ1n) is 6.37. The van der Waals surface area contributed by atoms with Crippen LogP contribution in [0.3, 0.4) is 0 Å². The molecule has 1 heteroatoms. The van der Waals surface area contributed by atoms with Crippen molar-refractivity contribution < 1.29 is 4.39 Å². The molecule has 0 fully saturated rings. The molecule has 0 radical (unpaired) electrons. The van der Waals surface area contributed by atoms with Crippen molar-refractivity contribution in [2.45, 2.75) is 27.7 Å². The van der Waals surface area contributed by atoms with E-state index in [1.165, 1.54) is 17.2 Å². The Kier molecular flexibility index (Phi) is 5.50. The van der Waals surface area contributed by atoms with Crippen molar-refractivity contribution >= 4 is 5.57 Å². The second kappa shape index (κ2) is 6.89. The molecular weight excluding hydrogens is 235 g/mol. The monoisotopic (exact) mass is 256 g/mol. The van der Waals surface area contributed by atoms with Crippen LogP contribution in [0.15, 0.2) is 66.0 Å². The predicted molar refractivity (Wildman–Crippen MR) is 82.6 cm³/mol. The molecule has 0 spiro atoms. The van der Waals surface area contributed by atoms with Crippen molar-refractivity contribution in [3.05, 3.63) is 77.2 Å². The molecule has 1 aromatic rings. The molecule has 0 aromatic heterocycles. The summed E-state index contributed by atoms with van der Waals surface area (Å²) in [5, 5.41) is 0. The van der Waals surface area contributed by atoms with Gasteiger partial charge in [0.15, 0.2) is 0 Å². The number of allylic oxidation sites excluding steroid dienone is 7. The molecule has 0 amide bonds. The van der Waals surface area contributed by atoms with E-state index in [9.17, 15) is 4.39 Å². The third-order valence-electron chi connectivity index (χ3n) is 2.83. The van der Waals surface area contributed by atoms with Gasteiger partial charge in [0.2, 0.25) is 0 Å².